The van der Waals surface area contributed by atoms with E-state index in [2.05, 4.69) is 4.85 Å². The molecule has 0 fully saturated rings. The third-order valence-corrected chi connectivity index (χ3v) is 4.83. The zero-order valence-electron chi connectivity index (χ0n) is 17.7. The van der Waals surface area contributed by atoms with Crippen LogP contribution in [0, 0.1) is 29.2 Å². The Morgan fingerprint density at radius 1 is 1.09 bits per heavy atom. The second-order valence-electron chi connectivity index (χ2n) is 7.11. The van der Waals surface area contributed by atoms with Crippen LogP contribution in [0.5, 0.6) is 0 Å². The van der Waals surface area contributed by atoms with Gasteiger partial charge < -0.3 is 14.4 Å². The summed E-state index contributed by atoms with van der Waals surface area (Å²) in [6.45, 7) is 7.33. The van der Waals surface area contributed by atoms with Gasteiger partial charge in [-0.25, -0.2) is 19.7 Å². The van der Waals surface area contributed by atoms with Gasteiger partial charge in [0, 0.05) is 36.8 Å². The van der Waals surface area contributed by atoms with Crippen molar-refractivity contribution in [3.8, 4) is 12.1 Å². The lowest BCUT2D eigenvalue weighted by atomic mass is 9.94. The van der Waals surface area contributed by atoms with Gasteiger partial charge in [0.1, 0.15) is 5.58 Å². The first-order valence-electron chi connectivity index (χ1n) is 9.52. The van der Waals surface area contributed by atoms with Gasteiger partial charge in [-0.1, -0.05) is 12.1 Å². The molecule has 0 radical (unpaired) electrons. The van der Waals surface area contributed by atoms with E-state index in [0.717, 1.165) is 5.69 Å². The van der Waals surface area contributed by atoms with Crippen molar-refractivity contribution in [1.29, 1.82) is 10.5 Å². The molecule has 0 aliphatic carbocycles. The molecule has 0 aliphatic heterocycles. The minimum atomic E-state index is -1.14. The summed E-state index contributed by atoms with van der Waals surface area (Å²) in [5, 5.41) is 29.0. The van der Waals surface area contributed by atoms with Gasteiger partial charge in [-0.05, 0) is 42.0 Å². The summed E-state index contributed by atoms with van der Waals surface area (Å²) in [6, 6.07) is 16.0. The van der Waals surface area contributed by atoms with Gasteiger partial charge in [0.2, 0.25) is 0 Å². The highest BCUT2D eigenvalue weighted by atomic mass is 16.4. The van der Waals surface area contributed by atoms with Gasteiger partial charge in [-0.3, -0.25) is 0 Å². The molecule has 0 saturated carbocycles. The minimum Gasteiger partial charge on any atom is -0.478 e. The van der Waals surface area contributed by atoms with E-state index >= 15 is 0 Å². The van der Waals surface area contributed by atoms with Crippen molar-refractivity contribution >= 4 is 34.3 Å². The molecule has 0 unspecified atom stereocenters. The van der Waals surface area contributed by atoms with Crippen LogP contribution in [0.25, 0.3) is 27.5 Å². The van der Waals surface area contributed by atoms with Crippen LogP contribution in [-0.2, 0) is 0 Å². The van der Waals surface area contributed by atoms with E-state index < -0.39 is 11.6 Å². The highest BCUT2D eigenvalue weighted by Gasteiger charge is 2.17. The molecular formula is C25H16N4O4. The van der Waals surface area contributed by atoms with Crippen molar-refractivity contribution in [2.24, 2.45) is 0 Å². The van der Waals surface area contributed by atoms with Crippen LogP contribution in [0.3, 0.4) is 0 Å². The van der Waals surface area contributed by atoms with Crippen LogP contribution >= 0.6 is 0 Å². The molecule has 2 aromatic carbocycles. The van der Waals surface area contributed by atoms with Gasteiger partial charge in [0.15, 0.2) is 0 Å². The lowest BCUT2D eigenvalue weighted by molar-refractivity contribution is 0.0697. The number of fused-ring (bicyclic) bond motifs is 1. The van der Waals surface area contributed by atoms with Gasteiger partial charge >= 0.3 is 11.6 Å². The Labute approximate surface area is 189 Å². The van der Waals surface area contributed by atoms with Crippen LogP contribution in [0.15, 0.2) is 69.0 Å². The number of allylic oxidation sites excluding steroid dienone is 3. The fraction of sp³-hybridized carbons (Fsp3) is 0.0800. The zero-order chi connectivity index (χ0) is 24.1. The van der Waals surface area contributed by atoms with Gasteiger partial charge in [0.05, 0.1) is 35.4 Å². The number of anilines is 1. The molecule has 0 atom stereocenters. The number of hydrogen-bond acceptors (Lipinski definition) is 6. The Morgan fingerprint density at radius 2 is 1.76 bits per heavy atom. The zero-order valence-corrected chi connectivity index (χ0v) is 17.7. The summed E-state index contributed by atoms with van der Waals surface area (Å²) in [5.41, 5.74) is 0.420. The molecule has 0 spiro atoms. The summed E-state index contributed by atoms with van der Waals surface area (Å²) in [5.74, 6) is -1.14. The number of rotatable bonds is 5. The predicted molar refractivity (Wildman–Crippen MR) is 123 cm³/mol. The number of nitrogens with zero attached hydrogens (tertiary/aromatic N) is 4. The lowest BCUT2D eigenvalue weighted by Crippen LogP contribution is -2.09. The Balaban J connectivity index is 2.21. The van der Waals surface area contributed by atoms with E-state index in [4.69, 9.17) is 16.1 Å². The standard InChI is InChI=1S/C25H16N4O4/c1-28-21(14-27)23(15-4-6-16(7-5-15)24(30)31)19(13-26)11-18-10-17-8-9-20(29(2)3)12-22(17)33-25(18)32/h4-12H,2-3H3,(H,30,31)/b19-11+,23-21+. The van der Waals surface area contributed by atoms with E-state index in [-0.39, 0.29) is 28.0 Å². The second-order valence-corrected chi connectivity index (χ2v) is 7.11. The maximum Gasteiger partial charge on any atom is 0.343 e. The molecule has 1 aromatic heterocycles. The van der Waals surface area contributed by atoms with Crippen molar-refractivity contribution in [2.75, 3.05) is 19.0 Å². The van der Waals surface area contributed by atoms with Crippen molar-refractivity contribution in [3.05, 3.63) is 98.3 Å². The Kier molecular flexibility index (Phi) is 6.39. The molecule has 1 heterocycles. The summed E-state index contributed by atoms with van der Waals surface area (Å²) in [4.78, 5) is 28.8. The van der Waals surface area contributed by atoms with Crippen LogP contribution in [-0.4, -0.2) is 25.2 Å². The topological polar surface area (TPSA) is 123 Å². The Morgan fingerprint density at radius 3 is 2.30 bits per heavy atom. The largest absolute Gasteiger partial charge is 0.478 e. The first kappa shape index (κ1) is 22.6. The van der Waals surface area contributed by atoms with Crippen molar-refractivity contribution < 1.29 is 14.3 Å². The maximum absolute atomic E-state index is 12.6. The Bertz CT molecular complexity index is 1490. The number of carboxylic acid groups (broad SMARTS) is 1. The van der Waals surface area contributed by atoms with Crippen molar-refractivity contribution in [2.45, 2.75) is 0 Å². The fourth-order valence-electron chi connectivity index (χ4n) is 3.15. The average Bonchev–Trinajstić information content (AvgIpc) is 2.81. The Hall–Kier alpha value is -5.13. The SMILES string of the molecule is [C-]#[N+]/C(C#N)=C(/C(C#N)=C/c1cc2ccc(N(C)C)cc2oc1=O)c1ccc(C(=O)O)cc1. The number of nitriles is 2. The quantitative estimate of drug-likeness (QED) is 0.273. The summed E-state index contributed by atoms with van der Waals surface area (Å²) < 4.78 is 5.43. The second kappa shape index (κ2) is 9.34. The number of aromatic carboxylic acids is 1. The van der Waals surface area contributed by atoms with Crippen molar-refractivity contribution in [1.82, 2.24) is 0 Å². The minimum absolute atomic E-state index is 0.00519. The van der Waals surface area contributed by atoms with E-state index in [0.29, 0.717) is 16.5 Å². The molecule has 3 aromatic rings. The lowest BCUT2D eigenvalue weighted by Gasteiger charge is -2.12. The number of benzene rings is 2. The van der Waals surface area contributed by atoms with Crippen LogP contribution in [0.4, 0.5) is 5.69 Å². The molecular weight excluding hydrogens is 420 g/mol. The number of hydrogen-bond donors (Lipinski definition) is 1. The van der Waals surface area contributed by atoms with Crippen molar-refractivity contribution in [3.63, 3.8) is 0 Å². The molecule has 3 rings (SSSR count). The van der Waals surface area contributed by atoms with E-state index in [1.807, 2.05) is 31.1 Å². The maximum atomic E-state index is 12.6. The molecule has 33 heavy (non-hydrogen) atoms. The highest BCUT2D eigenvalue weighted by Crippen LogP contribution is 2.29. The molecule has 1 N–H and O–H groups in total. The first-order chi connectivity index (χ1) is 15.8. The van der Waals surface area contributed by atoms with Crippen LogP contribution < -0.4 is 10.5 Å². The van der Waals surface area contributed by atoms with Gasteiger partial charge in [-0.15, -0.1) is 0 Å². The van der Waals surface area contributed by atoms with E-state index in [1.54, 1.807) is 24.3 Å². The molecule has 0 bridgehead atoms. The summed E-state index contributed by atoms with van der Waals surface area (Å²) >= 11 is 0. The molecule has 0 saturated heterocycles. The predicted octanol–water partition coefficient (Wildman–Crippen LogP) is 4.32. The summed E-state index contributed by atoms with van der Waals surface area (Å²) in [6.07, 6.45) is 1.26. The molecule has 8 nitrogen and oxygen atoms in total. The monoisotopic (exact) mass is 436 g/mol. The van der Waals surface area contributed by atoms with Gasteiger partial charge in [-0.2, -0.15) is 5.26 Å². The van der Waals surface area contributed by atoms with E-state index in [1.165, 1.54) is 30.3 Å². The third kappa shape index (κ3) is 4.64. The number of carbonyl (C=O) groups is 1. The number of carboxylic acids is 1. The average molecular weight is 436 g/mol. The molecule has 0 amide bonds. The smallest absolute Gasteiger partial charge is 0.343 e. The first-order valence-corrected chi connectivity index (χ1v) is 9.52. The molecule has 0 aliphatic rings. The van der Waals surface area contributed by atoms with Crippen LogP contribution in [0.2, 0.25) is 0 Å². The van der Waals surface area contributed by atoms with Gasteiger partial charge in [0.25, 0.3) is 5.70 Å². The fourth-order valence-corrected chi connectivity index (χ4v) is 3.15. The van der Waals surface area contributed by atoms with E-state index in [9.17, 15) is 20.1 Å². The molecule has 160 valence electrons. The molecule has 8 heteroatoms. The normalized spacial score (nSPS) is 11.7. The van der Waals surface area contributed by atoms with Crippen LogP contribution in [0.1, 0.15) is 21.5 Å². The highest BCUT2D eigenvalue weighted by molar-refractivity contribution is 5.94. The summed E-state index contributed by atoms with van der Waals surface area (Å²) in [7, 11) is 3.72. The third-order valence-electron chi connectivity index (χ3n) is 4.83.